The maximum Gasteiger partial charge on any atom is 0.310 e. The van der Waals surface area contributed by atoms with Crippen LogP contribution in [-0.2, 0) is 9.53 Å². The number of nitriles is 1. The van der Waals surface area contributed by atoms with Crippen molar-refractivity contribution in [2.75, 3.05) is 20.7 Å². The molecule has 1 atom stereocenters. The number of aromatic nitrogens is 1. The molecular weight excluding hydrogens is 246 g/mol. The van der Waals surface area contributed by atoms with E-state index in [4.69, 9.17) is 5.26 Å². The zero-order valence-electron chi connectivity index (χ0n) is 11.1. The quantitative estimate of drug-likeness (QED) is 0.750. The summed E-state index contributed by atoms with van der Waals surface area (Å²) >= 11 is 0. The molecule has 0 radical (unpaired) electrons. The summed E-state index contributed by atoms with van der Waals surface area (Å²) in [5, 5.41) is 8.65. The highest BCUT2D eigenvalue weighted by molar-refractivity contribution is 5.92. The average molecular weight is 261 g/mol. The average Bonchev–Trinajstić information content (AvgIpc) is 2.45. The van der Waals surface area contributed by atoms with E-state index in [0.29, 0.717) is 5.56 Å². The Morgan fingerprint density at radius 1 is 1.53 bits per heavy atom. The molecule has 0 saturated carbocycles. The zero-order chi connectivity index (χ0) is 14.4. The Morgan fingerprint density at radius 2 is 2.21 bits per heavy atom. The predicted octanol–water partition coefficient (Wildman–Crippen LogP) is 0.834. The third-order valence-corrected chi connectivity index (χ3v) is 2.61. The first-order valence-corrected chi connectivity index (χ1v) is 5.69. The van der Waals surface area contributed by atoms with E-state index in [1.165, 1.54) is 30.3 Å². The molecule has 6 nitrogen and oxygen atoms in total. The van der Waals surface area contributed by atoms with Gasteiger partial charge in [0.15, 0.2) is 0 Å². The number of rotatable bonds is 4. The fraction of sp³-hybridized carbons (Fsp3) is 0.385. The number of carbonyl (C=O) groups is 2. The lowest BCUT2D eigenvalue weighted by atomic mass is 10.1. The van der Waals surface area contributed by atoms with Crippen molar-refractivity contribution in [2.24, 2.45) is 5.92 Å². The molecule has 1 unspecified atom stereocenters. The van der Waals surface area contributed by atoms with Crippen LogP contribution in [0, 0.1) is 17.2 Å². The monoisotopic (exact) mass is 261 g/mol. The van der Waals surface area contributed by atoms with Crippen LogP contribution in [-0.4, -0.2) is 42.5 Å². The molecule has 19 heavy (non-hydrogen) atoms. The van der Waals surface area contributed by atoms with Gasteiger partial charge in [-0.2, -0.15) is 5.26 Å². The molecule has 0 N–H and O–H groups in total. The Morgan fingerprint density at radius 3 is 2.68 bits per heavy atom. The second-order valence-corrected chi connectivity index (χ2v) is 4.15. The van der Waals surface area contributed by atoms with Crippen LogP contribution in [0.4, 0.5) is 0 Å². The van der Waals surface area contributed by atoms with E-state index in [2.05, 4.69) is 9.72 Å². The third kappa shape index (κ3) is 3.78. The number of hydrogen-bond donors (Lipinski definition) is 0. The largest absolute Gasteiger partial charge is 0.469 e. The second kappa shape index (κ2) is 6.50. The van der Waals surface area contributed by atoms with Crippen molar-refractivity contribution in [2.45, 2.75) is 6.92 Å². The standard InChI is InChI=1S/C13H15N3O3/c1-9(13(18)19-3)8-16(2)12(17)11-5-4-10(6-14)7-15-11/h4-5,7,9H,8H2,1-3H3. The van der Waals surface area contributed by atoms with Crippen molar-refractivity contribution in [3.05, 3.63) is 29.6 Å². The Hall–Kier alpha value is -2.42. The minimum Gasteiger partial charge on any atom is -0.469 e. The van der Waals surface area contributed by atoms with Crippen molar-refractivity contribution in [3.63, 3.8) is 0 Å². The van der Waals surface area contributed by atoms with Crippen LogP contribution in [0.15, 0.2) is 18.3 Å². The molecular formula is C13H15N3O3. The minimum atomic E-state index is -0.405. The number of esters is 1. The zero-order valence-corrected chi connectivity index (χ0v) is 11.1. The van der Waals surface area contributed by atoms with Gasteiger partial charge in [-0.05, 0) is 12.1 Å². The molecule has 1 heterocycles. The molecule has 1 aromatic rings. The second-order valence-electron chi connectivity index (χ2n) is 4.15. The molecule has 1 amide bonds. The molecule has 1 aromatic heterocycles. The highest BCUT2D eigenvalue weighted by atomic mass is 16.5. The van der Waals surface area contributed by atoms with E-state index in [-0.39, 0.29) is 24.1 Å². The van der Waals surface area contributed by atoms with E-state index < -0.39 is 5.92 Å². The lowest BCUT2D eigenvalue weighted by Crippen LogP contribution is -2.34. The van der Waals surface area contributed by atoms with Gasteiger partial charge in [-0.1, -0.05) is 6.92 Å². The molecule has 0 bridgehead atoms. The fourth-order valence-electron chi connectivity index (χ4n) is 1.55. The SMILES string of the molecule is COC(=O)C(C)CN(C)C(=O)c1ccc(C#N)cn1. The van der Waals surface area contributed by atoms with Crippen molar-refractivity contribution >= 4 is 11.9 Å². The fourth-order valence-corrected chi connectivity index (χ4v) is 1.55. The third-order valence-electron chi connectivity index (χ3n) is 2.61. The van der Waals surface area contributed by atoms with Crippen molar-refractivity contribution in [1.29, 1.82) is 5.26 Å². The molecule has 0 aromatic carbocycles. The molecule has 100 valence electrons. The number of amides is 1. The molecule has 0 aliphatic heterocycles. The number of pyridine rings is 1. The first-order chi connectivity index (χ1) is 8.99. The smallest absolute Gasteiger partial charge is 0.310 e. The lowest BCUT2D eigenvalue weighted by molar-refractivity contribution is -0.145. The van der Waals surface area contributed by atoms with Crippen LogP contribution in [0.25, 0.3) is 0 Å². The van der Waals surface area contributed by atoms with Gasteiger partial charge >= 0.3 is 5.97 Å². The van der Waals surface area contributed by atoms with Crippen LogP contribution >= 0.6 is 0 Å². The van der Waals surface area contributed by atoms with Gasteiger partial charge in [0.25, 0.3) is 5.91 Å². The van der Waals surface area contributed by atoms with Gasteiger partial charge in [-0.25, -0.2) is 4.98 Å². The summed E-state index contributed by atoms with van der Waals surface area (Å²) in [6, 6.07) is 4.94. The van der Waals surface area contributed by atoms with E-state index in [1.54, 1.807) is 14.0 Å². The Kier molecular flexibility index (Phi) is 5.01. The topological polar surface area (TPSA) is 83.3 Å². The normalized spacial score (nSPS) is 11.3. The first-order valence-electron chi connectivity index (χ1n) is 5.69. The van der Waals surface area contributed by atoms with E-state index >= 15 is 0 Å². The number of methoxy groups -OCH3 is 1. The predicted molar refractivity (Wildman–Crippen MR) is 67.1 cm³/mol. The van der Waals surface area contributed by atoms with Gasteiger partial charge in [-0.3, -0.25) is 9.59 Å². The summed E-state index contributed by atoms with van der Waals surface area (Å²) in [6.45, 7) is 1.93. The maximum absolute atomic E-state index is 12.0. The number of nitrogens with zero attached hydrogens (tertiary/aromatic N) is 3. The van der Waals surface area contributed by atoms with Crippen molar-refractivity contribution in [1.82, 2.24) is 9.88 Å². The summed E-state index contributed by atoms with van der Waals surface area (Å²) in [6.07, 6.45) is 1.34. The number of ether oxygens (including phenoxy) is 1. The van der Waals surface area contributed by atoms with Gasteiger partial charge in [-0.15, -0.1) is 0 Å². The number of hydrogen-bond acceptors (Lipinski definition) is 5. The Labute approximate surface area is 111 Å². The van der Waals surface area contributed by atoms with Crippen LogP contribution in [0.1, 0.15) is 23.0 Å². The van der Waals surface area contributed by atoms with E-state index in [9.17, 15) is 9.59 Å². The van der Waals surface area contributed by atoms with E-state index in [1.807, 2.05) is 6.07 Å². The van der Waals surface area contributed by atoms with Gasteiger partial charge < -0.3 is 9.64 Å². The Bertz CT molecular complexity index is 505. The molecule has 1 rings (SSSR count). The van der Waals surface area contributed by atoms with E-state index in [0.717, 1.165) is 0 Å². The lowest BCUT2D eigenvalue weighted by Gasteiger charge is -2.19. The van der Waals surface area contributed by atoms with Gasteiger partial charge in [0.2, 0.25) is 0 Å². The van der Waals surface area contributed by atoms with Gasteiger partial charge in [0, 0.05) is 19.8 Å². The van der Waals surface area contributed by atoms with Gasteiger partial charge in [0.1, 0.15) is 11.8 Å². The molecule has 6 heteroatoms. The van der Waals surface area contributed by atoms with Gasteiger partial charge in [0.05, 0.1) is 18.6 Å². The molecule has 0 aliphatic rings. The maximum atomic E-state index is 12.0. The van der Waals surface area contributed by atoms with Crippen molar-refractivity contribution < 1.29 is 14.3 Å². The molecule has 0 spiro atoms. The summed E-state index contributed by atoms with van der Waals surface area (Å²) in [7, 11) is 2.89. The van der Waals surface area contributed by atoms with Crippen LogP contribution in [0.2, 0.25) is 0 Å². The first kappa shape index (κ1) is 14.6. The summed E-state index contributed by atoms with van der Waals surface area (Å²) in [5.41, 5.74) is 0.626. The molecule has 0 aliphatic carbocycles. The summed E-state index contributed by atoms with van der Waals surface area (Å²) in [5.74, 6) is -1.08. The highest BCUT2D eigenvalue weighted by Crippen LogP contribution is 2.06. The van der Waals surface area contributed by atoms with Crippen LogP contribution < -0.4 is 0 Å². The van der Waals surface area contributed by atoms with Crippen molar-refractivity contribution in [3.8, 4) is 6.07 Å². The summed E-state index contributed by atoms with van der Waals surface area (Å²) in [4.78, 5) is 28.6. The van der Waals surface area contributed by atoms with Crippen LogP contribution in [0.5, 0.6) is 0 Å². The minimum absolute atomic E-state index is 0.235. The number of carbonyl (C=O) groups excluding carboxylic acids is 2. The molecule has 0 fully saturated rings. The van der Waals surface area contributed by atoms with Crippen LogP contribution in [0.3, 0.4) is 0 Å². The summed E-state index contributed by atoms with van der Waals surface area (Å²) < 4.78 is 4.60. The Balaban J connectivity index is 2.71. The highest BCUT2D eigenvalue weighted by Gasteiger charge is 2.20. The molecule has 0 saturated heterocycles.